The van der Waals surface area contributed by atoms with Crippen LogP contribution in [-0.2, 0) is 23.9 Å². The van der Waals surface area contributed by atoms with E-state index in [0.29, 0.717) is 18.1 Å². The minimum Gasteiger partial charge on any atom is -0.311 e. The van der Waals surface area contributed by atoms with Gasteiger partial charge < -0.3 is 4.57 Å². The summed E-state index contributed by atoms with van der Waals surface area (Å²) < 4.78 is 15.7. The minimum absolute atomic E-state index is 0.179. The molecule has 0 aliphatic heterocycles. The molecule has 0 saturated heterocycles. The monoisotopic (exact) mass is 316 g/mol. The smallest absolute Gasteiger partial charge is 0.158 e. The molecule has 112 valence electrons. The predicted molar refractivity (Wildman–Crippen MR) is 83.7 cm³/mol. The summed E-state index contributed by atoms with van der Waals surface area (Å²) in [5.74, 6) is 2.12. The van der Waals surface area contributed by atoms with E-state index in [-0.39, 0.29) is 5.38 Å². The molecular formula is C13H21ClN4OS. The molecule has 0 bridgehead atoms. The van der Waals surface area contributed by atoms with Crippen molar-refractivity contribution in [3.63, 3.8) is 0 Å². The predicted octanol–water partition coefficient (Wildman–Crippen LogP) is 2.63. The second kappa shape index (κ2) is 6.26. The Morgan fingerprint density at radius 3 is 2.65 bits per heavy atom. The van der Waals surface area contributed by atoms with Crippen LogP contribution in [0.2, 0.25) is 0 Å². The molecule has 2 unspecified atom stereocenters. The highest BCUT2D eigenvalue weighted by atomic mass is 35.5. The summed E-state index contributed by atoms with van der Waals surface area (Å²) in [5, 5.41) is 4.31. The molecule has 0 aromatic carbocycles. The molecule has 7 heteroatoms. The van der Waals surface area contributed by atoms with E-state index < -0.39 is 10.8 Å². The number of aromatic nitrogens is 4. The molecule has 0 amide bonds. The van der Waals surface area contributed by atoms with Crippen molar-refractivity contribution in [1.82, 2.24) is 19.3 Å². The van der Waals surface area contributed by atoms with Gasteiger partial charge in [0, 0.05) is 35.4 Å². The van der Waals surface area contributed by atoms with Crippen LogP contribution in [0.15, 0.2) is 0 Å². The highest BCUT2D eigenvalue weighted by Gasteiger charge is 2.20. The minimum atomic E-state index is -0.799. The lowest BCUT2D eigenvalue weighted by Crippen LogP contribution is -2.14. The lowest BCUT2D eigenvalue weighted by atomic mass is 10.4. The molecule has 0 radical (unpaired) electrons. The number of nitrogens with zero attached hydrogens (tertiary/aromatic N) is 4. The van der Waals surface area contributed by atoms with Crippen LogP contribution in [0.3, 0.4) is 0 Å². The van der Waals surface area contributed by atoms with E-state index in [1.807, 2.05) is 25.5 Å². The normalized spacial score (nSPS) is 14.8. The fraction of sp³-hybridized carbons (Fsp3) is 0.692. The largest absolute Gasteiger partial charge is 0.311 e. The summed E-state index contributed by atoms with van der Waals surface area (Å²) in [4.78, 5) is 4.63. The van der Waals surface area contributed by atoms with E-state index in [2.05, 4.69) is 21.6 Å². The number of rotatable bonds is 6. The van der Waals surface area contributed by atoms with E-state index in [4.69, 9.17) is 11.6 Å². The zero-order valence-corrected chi connectivity index (χ0v) is 14.0. The van der Waals surface area contributed by atoms with Crippen LogP contribution >= 0.6 is 11.6 Å². The van der Waals surface area contributed by atoms with Crippen LogP contribution in [-0.4, -0.2) is 35.0 Å². The van der Waals surface area contributed by atoms with Gasteiger partial charge in [0.15, 0.2) is 5.65 Å². The molecule has 2 rings (SSSR count). The summed E-state index contributed by atoms with van der Waals surface area (Å²) in [6.07, 6.45) is 0. The maximum Gasteiger partial charge on any atom is 0.158 e. The molecule has 5 nitrogen and oxygen atoms in total. The molecule has 2 aromatic rings. The van der Waals surface area contributed by atoms with Gasteiger partial charge in [-0.1, -0.05) is 6.92 Å². The van der Waals surface area contributed by atoms with Crippen LogP contribution in [0, 0.1) is 6.92 Å². The zero-order chi connectivity index (χ0) is 14.9. The molecular weight excluding hydrogens is 296 g/mol. The van der Waals surface area contributed by atoms with Gasteiger partial charge in [-0.15, -0.1) is 11.6 Å². The lowest BCUT2D eigenvalue weighted by Gasteiger charge is -2.11. The Morgan fingerprint density at radius 2 is 2.10 bits per heavy atom. The van der Waals surface area contributed by atoms with Gasteiger partial charge in [-0.25, -0.2) is 9.67 Å². The van der Waals surface area contributed by atoms with Gasteiger partial charge in [0.2, 0.25) is 0 Å². The Bertz CT molecular complexity index is 632. The molecule has 0 fully saturated rings. The van der Waals surface area contributed by atoms with Crippen LogP contribution in [0.4, 0.5) is 0 Å². The molecule has 20 heavy (non-hydrogen) atoms. The van der Waals surface area contributed by atoms with Crippen molar-refractivity contribution in [2.75, 3.05) is 11.5 Å². The van der Waals surface area contributed by atoms with Crippen molar-refractivity contribution in [2.45, 2.75) is 46.2 Å². The summed E-state index contributed by atoms with van der Waals surface area (Å²) in [7, 11) is -0.799. The average molecular weight is 317 g/mol. The van der Waals surface area contributed by atoms with Crippen molar-refractivity contribution in [3.05, 3.63) is 11.5 Å². The Morgan fingerprint density at radius 1 is 1.40 bits per heavy atom. The van der Waals surface area contributed by atoms with E-state index in [0.717, 1.165) is 29.2 Å². The maximum absolute atomic E-state index is 11.7. The lowest BCUT2D eigenvalue weighted by molar-refractivity contribution is 0.623. The Balaban J connectivity index is 2.52. The molecule has 0 aliphatic rings. The molecule has 0 spiro atoms. The summed E-state index contributed by atoms with van der Waals surface area (Å²) in [5.41, 5.74) is 2.80. The van der Waals surface area contributed by atoms with Gasteiger partial charge in [0.25, 0.3) is 0 Å². The third kappa shape index (κ3) is 2.76. The molecule has 0 saturated carbocycles. The molecule has 2 aromatic heterocycles. The number of hydrogen-bond acceptors (Lipinski definition) is 3. The van der Waals surface area contributed by atoms with Crippen molar-refractivity contribution >= 4 is 33.6 Å². The fourth-order valence-corrected chi connectivity index (χ4v) is 3.16. The second-order valence-electron chi connectivity index (χ2n) is 4.74. The first-order chi connectivity index (χ1) is 9.49. The number of imidazole rings is 1. The van der Waals surface area contributed by atoms with Gasteiger partial charge in [0.1, 0.15) is 11.3 Å². The standard InChI is InChI=1S/C13H21ClN4OS/c1-5-18-13-11(10(4)16-18)15-12(9(3)14)17(13)7-8-20(19)6-2/h9H,5-8H2,1-4H3. The van der Waals surface area contributed by atoms with E-state index >= 15 is 0 Å². The third-order valence-corrected chi connectivity index (χ3v) is 4.83. The first kappa shape index (κ1) is 15.5. The third-order valence-electron chi connectivity index (χ3n) is 3.35. The van der Waals surface area contributed by atoms with Gasteiger partial charge >= 0.3 is 0 Å². The van der Waals surface area contributed by atoms with Gasteiger partial charge in [-0.3, -0.25) is 4.21 Å². The maximum atomic E-state index is 11.7. The number of hydrogen-bond donors (Lipinski definition) is 0. The number of alkyl halides is 1. The highest BCUT2D eigenvalue weighted by molar-refractivity contribution is 7.84. The van der Waals surface area contributed by atoms with E-state index in [1.54, 1.807) is 0 Å². The molecule has 0 N–H and O–H groups in total. The van der Waals surface area contributed by atoms with Crippen LogP contribution in [0.1, 0.15) is 37.7 Å². The number of halogens is 1. The van der Waals surface area contributed by atoms with Gasteiger partial charge in [0.05, 0.1) is 11.1 Å². The molecule has 2 atom stereocenters. The fourth-order valence-electron chi connectivity index (χ4n) is 2.32. The summed E-state index contributed by atoms with van der Waals surface area (Å²) in [6.45, 7) is 9.30. The average Bonchev–Trinajstić information content (AvgIpc) is 2.94. The van der Waals surface area contributed by atoms with Crippen LogP contribution in [0.25, 0.3) is 11.2 Å². The van der Waals surface area contributed by atoms with Gasteiger partial charge in [-0.2, -0.15) is 5.10 Å². The Kier molecular flexibility index (Phi) is 4.86. The second-order valence-corrected chi connectivity index (χ2v) is 7.26. The van der Waals surface area contributed by atoms with Crippen molar-refractivity contribution < 1.29 is 4.21 Å². The van der Waals surface area contributed by atoms with E-state index in [1.165, 1.54) is 0 Å². The topological polar surface area (TPSA) is 52.7 Å². The highest BCUT2D eigenvalue weighted by Crippen LogP contribution is 2.26. The Labute approximate surface area is 126 Å². The molecule has 0 aliphatic carbocycles. The zero-order valence-electron chi connectivity index (χ0n) is 12.4. The first-order valence-corrected chi connectivity index (χ1v) is 8.84. The quantitative estimate of drug-likeness (QED) is 0.770. The van der Waals surface area contributed by atoms with Crippen LogP contribution < -0.4 is 0 Å². The van der Waals surface area contributed by atoms with Gasteiger partial charge in [-0.05, 0) is 20.8 Å². The Hall–Kier alpha value is -0.880. The van der Waals surface area contributed by atoms with Crippen molar-refractivity contribution in [3.8, 4) is 0 Å². The summed E-state index contributed by atoms with van der Waals surface area (Å²) >= 11 is 6.24. The SMILES string of the molecule is CCn1nc(C)c2nc(C(C)Cl)n(CCS(=O)CC)c21. The van der Waals surface area contributed by atoms with Crippen LogP contribution in [0.5, 0.6) is 0 Å². The van der Waals surface area contributed by atoms with E-state index in [9.17, 15) is 4.21 Å². The first-order valence-electron chi connectivity index (χ1n) is 6.92. The van der Waals surface area contributed by atoms with Crippen molar-refractivity contribution in [1.29, 1.82) is 0 Å². The number of aryl methyl sites for hydroxylation is 3. The number of fused-ring (bicyclic) bond motifs is 1. The summed E-state index contributed by atoms with van der Waals surface area (Å²) in [6, 6.07) is 0. The van der Waals surface area contributed by atoms with Crippen molar-refractivity contribution in [2.24, 2.45) is 0 Å². The molecule has 2 heterocycles.